The Morgan fingerprint density at radius 3 is 2.37 bits per heavy atom. The average molecular weight is 282 g/mol. The van der Waals surface area contributed by atoms with E-state index >= 15 is 0 Å². The molecule has 0 radical (unpaired) electrons. The van der Waals surface area contributed by atoms with Crippen LogP contribution < -0.4 is 0 Å². The smallest absolute Gasteiger partial charge is 0.243 e. The molecule has 5 nitrogen and oxygen atoms in total. The first-order chi connectivity index (χ1) is 8.93. The molecule has 1 unspecified atom stereocenters. The van der Waals surface area contributed by atoms with Crippen LogP contribution in [0.1, 0.15) is 31.9 Å². The molecule has 0 aliphatic heterocycles. The molecule has 6 heteroatoms. The van der Waals surface area contributed by atoms with E-state index in [1.807, 2.05) is 6.07 Å². The number of aliphatic hydroxyl groups excluding tert-OH is 1. The Hall–Kier alpha value is -1.42. The molecule has 0 bridgehead atoms. The molecule has 1 rings (SSSR count). The summed E-state index contributed by atoms with van der Waals surface area (Å²) in [5, 5.41) is 17.9. The molecule has 0 saturated carbocycles. The fraction of sp³-hybridized carbons (Fsp3) is 0.462. The molecule has 0 saturated heterocycles. The Kier molecular flexibility index (Phi) is 5.48. The van der Waals surface area contributed by atoms with Gasteiger partial charge in [0.15, 0.2) is 0 Å². The lowest BCUT2D eigenvalue weighted by Crippen LogP contribution is -2.31. The van der Waals surface area contributed by atoms with Crippen molar-refractivity contribution in [3.63, 3.8) is 0 Å². The van der Waals surface area contributed by atoms with Crippen LogP contribution in [-0.2, 0) is 10.0 Å². The van der Waals surface area contributed by atoms with Gasteiger partial charge in [0, 0.05) is 19.5 Å². The van der Waals surface area contributed by atoms with E-state index in [4.69, 9.17) is 5.26 Å². The van der Waals surface area contributed by atoms with Crippen molar-refractivity contribution < 1.29 is 13.5 Å². The number of hydrogen-bond donors (Lipinski definition) is 1. The van der Waals surface area contributed by atoms with Crippen LogP contribution in [0.2, 0.25) is 0 Å². The quantitative estimate of drug-likeness (QED) is 0.860. The van der Waals surface area contributed by atoms with Crippen molar-refractivity contribution in [1.82, 2.24) is 4.31 Å². The van der Waals surface area contributed by atoms with E-state index in [9.17, 15) is 13.5 Å². The van der Waals surface area contributed by atoms with Crippen molar-refractivity contribution in [3.8, 4) is 6.07 Å². The van der Waals surface area contributed by atoms with E-state index in [0.29, 0.717) is 12.1 Å². The maximum absolute atomic E-state index is 12.3. The molecule has 19 heavy (non-hydrogen) atoms. The standard InChI is InChI=1S/C13H18N2O3S/c1-3-15(10-4-9-14)19(17,18)13-7-5-12(6-8-13)11(2)16/h5-8,11,16H,3-4,10H2,1-2H3. The number of nitrogens with zero attached hydrogens (tertiary/aromatic N) is 2. The first kappa shape index (κ1) is 15.6. The Morgan fingerprint density at radius 1 is 1.37 bits per heavy atom. The molecule has 0 spiro atoms. The summed E-state index contributed by atoms with van der Waals surface area (Å²) in [5.41, 5.74) is 0.666. The predicted molar refractivity (Wildman–Crippen MR) is 71.7 cm³/mol. The fourth-order valence-electron chi connectivity index (χ4n) is 1.69. The Morgan fingerprint density at radius 2 is 1.95 bits per heavy atom. The van der Waals surface area contributed by atoms with Crippen molar-refractivity contribution >= 4 is 10.0 Å². The number of hydrogen-bond acceptors (Lipinski definition) is 4. The third-order valence-corrected chi connectivity index (χ3v) is 4.81. The minimum absolute atomic E-state index is 0.166. The third-order valence-electron chi connectivity index (χ3n) is 2.83. The van der Waals surface area contributed by atoms with Crippen LogP contribution in [0.4, 0.5) is 0 Å². The molecule has 0 heterocycles. The highest BCUT2D eigenvalue weighted by Gasteiger charge is 2.22. The highest BCUT2D eigenvalue weighted by atomic mass is 32.2. The lowest BCUT2D eigenvalue weighted by Gasteiger charge is -2.19. The topological polar surface area (TPSA) is 81.4 Å². The third kappa shape index (κ3) is 3.77. The molecule has 104 valence electrons. The fourth-order valence-corrected chi connectivity index (χ4v) is 3.14. The highest BCUT2D eigenvalue weighted by molar-refractivity contribution is 7.89. The predicted octanol–water partition coefficient (Wildman–Crippen LogP) is 1.66. The molecular formula is C13H18N2O3S. The maximum Gasteiger partial charge on any atom is 0.243 e. The van der Waals surface area contributed by atoms with Gasteiger partial charge >= 0.3 is 0 Å². The van der Waals surface area contributed by atoms with Crippen LogP contribution in [0.3, 0.4) is 0 Å². The molecule has 1 N–H and O–H groups in total. The summed E-state index contributed by atoms with van der Waals surface area (Å²) in [7, 11) is -3.57. The van der Waals surface area contributed by atoms with E-state index in [-0.39, 0.29) is 17.9 Å². The zero-order chi connectivity index (χ0) is 14.5. The molecule has 1 atom stereocenters. The maximum atomic E-state index is 12.3. The Bertz CT molecular complexity index is 544. The van der Waals surface area contributed by atoms with Gasteiger partial charge in [-0.3, -0.25) is 0 Å². The normalized spacial score (nSPS) is 13.2. The summed E-state index contributed by atoms with van der Waals surface area (Å²) >= 11 is 0. The van der Waals surface area contributed by atoms with Crippen LogP contribution in [0.15, 0.2) is 29.2 Å². The van der Waals surface area contributed by atoms with Crippen molar-refractivity contribution in [2.24, 2.45) is 0 Å². The number of rotatable bonds is 6. The Balaban J connectivity index is 3.02. The first-order valence-corrected chi connectivity index (χ1v) is 7.52. The zero-order valence-corrected chi connectivity index (χ0v) is 11.9. The van der Waals surface area contributed by atoms with Crippen molar-refractivity contribution in [2.75, 3.05) is 13.1 Å². The van der Waals surface area contributed by atoms with E-state index < -0.39 is 16.1 Å². The number of nitriles is 1. The number of aliphatic hydroxyl groups is 1. The van der Waals surface area contributed by atoms with Crippen molar-refractivity contribution in [3.05, 3.63) is 29.8 Å². The second-order valence-electron chi connectivity index (χ2n) is 4.15. The summed E-state index contributed by atoms with van der Waals surface area (Å²) < 4.78 is 25.9. The van der Waals surface area contributed by atoms with Gasteiger partial charge in [-0.25, -0.2) is 8.42 Å². The molecule has 1 aromatic rings. The van der Waals surface area contributed by atoms with Crippen LogP contribution in [0.25, 0.3) is 0 Å². The lowest BCUT2D eigenvalue weighted by atomic mass is 10.1. The van der Waals surface area contributed by atoms with Crippen molar-refractivity contribution in [1.29, 1.82) is 5.26 Å². The van der Waals surface area contributed by atoms with Gasteiger partial charge in [-0.15, -0.1) is 0 Å². The van der Waals surface area contributed by atoms with Gasteiger partial charge in [0.2, 0.25) is 10.0 Å². The molecule has 0 fully saturated rings. The van der Waals surface area contributed by atoms with Crippen LogP contribution in [0, 0.1) is 11.3 Å². The zero-order valence-electron chi connectivity index (χ0n) is 11.1. The largest absolute Gasteiger partial charge is 0.389 e. The van der Waals surface area contributed by atoms with E-state index in [1.165, 1.54) is 16.4 Å². The summed E-state index contributed by atoms with van der Waals surface area (Å²) in [6.45, 7) is 3.86. The van der Waals surface area contributed by atoms with E-state index in [1.54, 1.807) is 26.0 Å². The van der Waals surface area contributed by atoms with Gasteiger partial charge < -0.3 is 5.11 Å². The van der Waals surface area contributed by atoms with E-state index in [2.05, 4.69) is 0 Å². The van der Waals surface area contributed by atoms with Crippen LogP contribution >= 0.6 is 0 Å². The molecular weight excluding hydrogens is 264 g/mol. The number of benzene rings is 1. The molecule has 1 aromatic carbocycles. The van der Waals surface area contributed by atoms with Gasteiger partial charge in [-0.05, 0) is 24.6 Å². The molecule has 0 aromatic heterocycles. The monoisotopic (exact) mass is 282 g/mol. The molecule has 0 amide bonds. The Labute approximate surface area is 114 Å². The van der Waals surface area contributed by atoms with Gasteiger partial charge in [-0.2, -0.15) is 9.57 Å². The highest BCUT2D eigenvalue weighted by Crippen LogP contribution is 2.19. The van der Waals surface area contributed by atoms with Gasteiger partial charge in [0.05, 0.1) is 17.1 Å². The van der Waals surface area contributed by atoms with Gasteiger partial charge in [-0.1, -0.05) is 19.1 Å². The first-order valence-electron chi connectivity index (χ1n) is 6.08. The summed E-state index contributed by atoms with van der Waals surface area (Å²) in [5.74, 6) is 0. The van der Waals surface area contributed by atoms with E-state index in [0.717, 1.165) is 0 Å². The minimum Gasteiger partial charge on any atom is -0.389 e. The summed E-state index contributed by atoms with van der Waals surface area (Å²) in [6.07, 6.45) is -0.462. The second kappa shape index (κ2) is 6.66. The number of sulfonamides is 1. The van der Waals surface area contributed by atoms with Crippen LogP contribution in [-0.4, -0.2) is 30.9 Å². The SMILES string of the molecule is CCN(CCC#N)S(=O)(=O)c1ccc(C(C)O)cc1. The minimum atomic E-state index is -3.57. The van der Waals surface area contributed by atoms with Gasteiger partial charge in [0.1, 0.15) is 0 Å². The van der Waals surface area contributed by atoms with Gasteiger partial charge in [0.25, 0.3) is 0 Å². The molecule has 0 aliphatic rings. The second-order valence-corrected chi connectivity index (χ2v) is 6.09. The van der Waals surface area contributed by atoms with Crippen LogP contribution in [0.5, 0.6) is 0 Å². The summed E-state index contributed by atoms with van der Waals surface area (Å²) in [6, 6.07) is 8.08. The lowest BCUT2D eigenvalue weighted by molar-refractivity contribution is 0.199. The average Bonchev–Trinajstić information content (AvgIpc) is 2.39. The molecule has 0 aliphatic carbocycles. The van der Waals surface area contributed by atoms with Crippen molar-refractivity contribution in [2.45, 2.75) is 31.3 Å². The summed E-state index contributed by atoms with van der Waals surface area (Å²) in [4.78, 5) is 0.177.